The first kappa shape index (κ1) is 39.8. The van der Waals surface area contributed by atoms with Gasteiger partial charge in [-0.25, -0.2) is 0 Å². The van der Waals surface area contributed by atoms with Crippen LogP contribution in [0.15, 0.2) is 261 Å². The number of benzene rings is 12. The van der Waals surface area contributed by atoms with E-state index in [4.69, 9.17) is 0 Å². The first-order chi connectivity index (χ1) is 33.7. The monoisotopic (exact) mass is 881 g/mol. The number of rotatable bonds is 8. The van der Waals surface area contributed by atoms with Crippen LogP contribution in [0.2, 0.25) is 0 Å². The highest BCUT2D eigenvalue weighted by atomic mass is 32.1. The summed E-state index contributed by atoms with van der Waals surface area (Å²) in [7, 11) is 0. The lowest BCUT2D eigenvalue weighted by atomic mass is 9.85. The predicted molar refractivity (Wildman–Crippen MR) is 294 cm³/mol. The van der Waals surface area contributed by atoms with Gasteiger partial charge in [0.15, 0.2) is 0 Å². The largest absolute Gasteiger partial charge is 0.310 e. The summed E-state index contributed by atoms with van der Waals surface area (Å²) >= 11 is 1.88. The molecule has 0 saturated carbocycles. The van der Waals surface area contributed by atoms with Crippen molar-refractivity contribution in [3.63, 3.8) is 0 Å². The molecule has 13 rings (SSSR count). The zero-order chi connectivity index (χ0) is 45.0. The van der Waals surface area contributed by atoms with Gasteiger partial charge in [0.25, 0.3) is 0 Å². The minimum atomic E-state index is 1.09. The molecule has 12 aromatic carbocycles. The highest BCUT2D eigenvalue weighted by Crippen LogP contribution is 2.48. The second kappa shape index (κ2) is 16.7. The zero-order valence-electron chi connectivity index (χ0n) is 37.2. The summed E-state index contributed by atoms with van der Waals surface area (Å²) < 4.78 is 2.62. The summed E-state index contributed by atoms with van der Waals surface area (Å²) in [5, 5.41) is 10.1. The maximum absolute atomic E-state index is 2.44. The molecule has 0 unspecified atom stereocenters. The second-order valence-corrected chi connectivity index (χ2v) is 18.7. The van der Waals surface area contributed by atoms with Crippen LogP contribution in [0, 0.1) is 0 Å². The number of hydrogen-bond acceptors (Lipinski definition) is 2. The molecule has 0 radical (unpaired) electrons. The Kier molecular flexibility index (Phi) is 9.77. The molecule has 0 fully saturated rings. The van der Waals surface area contributed by atoms with Crippen LogP contribution in [0.4, 0.5) is 17.1 Å². The van der Waals surface area contributed by atoms with Crippen molar-refractivity contribution < 1.29 is 0 Å². The topological polar surface area (TPSA) is 3.24 Å². The maximum Gasteiger partial charge on any atom is 0.0468 e. The lowest BCUT2D eigenvalue weighted by Crippen LogP contribution is -2.10. The van der Waals surface area contributed by atoms with E-state index in [1.165, 1.54) is 108 Å². The fourth-order valence-electron chi connectivity index (χ4n) is 10.4. The van der Waals surface area contributed by atoms with Crippen molar-refractivity contribution in [2.45, 2.75) is 0 Å². The molecule has 0 aliphatic heterocycles. The molecule has 0 saturated heterocycles. The Morgan fingerprint density at radius 3 is 1.51 bits per heavy atom. The smallest absolute Gasteiger partial charge is 0.0468 e. The average Bonchev–Trinajstić information content (AvgIpc) is 3.80. The van der Waals surface area contributed by atoms with Crippen molar-refractivity contribution in [2.24, 2.45) is 0 Å². The number of thiophene rings is 1. The van der Waals surface area contributed by atoms with Crippen LogP contribution in [0.3, 0.4) is 0 Å². The van der Waals surface area contributed by atoms with Crippen molar-refractivity contribution in [3.05, 3.63) is 261 Å². The van der Waals surface area contributed by atoms with Crippen LogP contribution >= 0.6 is 11.3 Å². The molecule has 1 aromatic heterocycles. The van der Waals surface area contributed by atoms with E-state index < -0.39 is 0 Å². The molecule has 68 heavy (non-hydrogen) atoms. The number of hydrogen-bond donors (Lipinski definition) is 0. The Morgan fingerprint density at radius 2 is 0.765 bits per heavy atom. The Morgan fingerprint density at radius 1 is 0.250 bits per heavy atom. The van der Waals surface area contributed by atoms with Gasteiger partial charge in [-0.3, -0.25) is 0 Å². The summed E-state index contributed by atoms with van der Waals surface area (Å²) in [5.74, 6) is 0. The molecular weight excluding hydrogens is 839 g/mol. The highest BCUT2D eigenvalue weighted by Gasteiger charge is 2.21. The van der Waals surface area contributed by atoms with Crippen molar-refractivity contribution >= 4 is 80.9 Å². The number of nitrogens with zero attached hydrogens (tertiary/aromatic N) is 1. The van der Waals surface area contributed by atoms with E-state index in [-0.39, 0.29) is 0 Å². The van der Waals surface area contributed by atoms with E-state index in [9.17, 15) is 0 Å². The molecule has 0 aliphatic carbocycles. The summed E-state index contributed by atoms with van der Waals surface area (Å²) in [4.78, 5) is 2.44. The molecule has 318 valence electrons. The fourth-order valence-corrected chi connectivity index (χ4v) is 11.6. The Bertz CT molecular complexity index is 4000. The van der Waals surface area contributed by atoms with E-state index in [0.717, 1.165) is 17.1 Å². The van der Waals surface area contributed by atoms with Gasteiger partial charge in [-0.05, 0) is 136 Å². The van der Waals surface area contributed by atoms with Gasteiger partial charge in [0.2, 0.25) is 0 Å². The SMILES string of the molecule is c1ccc(-c2c(-c3ccccc3)c3cc(N(c4ccc(-c5ccc(-c6ccc7ccccc7c6)cc5)cc4)c4cccc(-c5cccc6c5sc5ccccc56)c4)ccc3c3ccccc23)cc1. The quantitative estimate of drug-likeness (QED) is 0.137. The first-order valence-electron chi connectivity index (χ1n) is 23.3. The van der Waals surface area contributed by atoms with E-state index in [1.807, 2.05) is 11.3 Å². The van der Waals surface area contributed by atoms with Crippen LogP contribution in [-0.4, -0.2) is 0 Å². The van der Waals surface area contributed by atoms with E-state index in [1.54, 1.807) is 0 Å². The third-order valence-corrected chi connectivity index (χ3v) is 14.9. The molecule has 0 N–H and O–H groups in total. The van der Waals surface area contributed by atoms with Crippen molar-refractivity contribution in [3.8, 4) is 55.6 Å². The second-order valence-electron chi connectivity index (χ2n) is 17.6. The molecule has 0 spiro atoms. The number of anilines is 3. The molecule has 0 atom stereocenters. The van der Waals surface area contributed by atoms with Gasteiger partial charge in [-0.15, -0.1) is 11.3 Å². The van der Waals surface area contributed by atoms with Gasteiger partial charge in [0.05, 0.1) is 0 Å². The first-order valence-corrected chi connectivity index (χ1v) is 24.1. The van der Waals surface area contributed by atoms with Gasteiger partial charge in [0.1, 0.15) is 0 Å². The molecule has 0 aliphatic rings. The molecule has 1 nitrogen and oxygen atoms in total. The normalized spacial score (nSPS) is 11.5. The summed E-state index contributed by atoms with van der Waals surface area (Å²) in [5.41, 5.74) is 15.4. The fraction of sp³-hybridized carbons (Fsp3) is 0. The Balaban J connectivity index is 0.982. The standard InChI is InChI=1S/C66H43NS/c1-3-16-48(17-4-1)64-60-25-10-9-23-57(60)58-40-39-55(43-62(58)65(64)49-18-5-2-6-19-49)67(54-22-13-21-52(42-54)56-26-14-27-61-59-24-11-12-28-63(59)68-66(56)61)53-37-35-46(36-38-53)45-29-31-47(32-30-45)51-34-33-44-15-7-8-20-50(44)41-51/h1-43H. The molecule has 0 amide bonds. The number of fused-ring (bicyclic) bond motifs is 7. The van der Waals surface area contributed by atoms with E-state index >= 15 is 0 Å². The van der Waals surface area contributed by atoms with Crippen molar-refractivity contribution in [1.29, 1.82) is 0 Å². The van der Waals surface area contributed by atoms with E-state index in [0.29, 0.717) is 0 Å². The van der Waals surface area contributed by atoms with E-state index in [2.05, 4.69) is 266 Å². The van der Waals surface area contributed by atoms with Gasteiger partial charge in [-0.1, -0.05) is 212 Å². The highest BCUT2D eigenvalue weighted by molar-refractivity contribution is 7.26. The molecular formula is C66H43NS. The summed E-state index contributed by atoms with van der Waals surface area (Å²) in [6.45, 7) is 0. The van der Waals surface area contributed by atoms with Crippen LogP contribution in [0.25, 0.3) is 108 Å². The molecule has 0 bridgehead atoms. The minimum absolute atomic E-state index is 1.09. The third kappa shape index (κ3) is 6.93. The van der Waals surface area contributed by atoms with Crippen molar-refractivity contribution in [2.75, 3.05) is 4.90 Å². The molecule has 13 aromatic rings. The zero-order valence-corrected chi connectivity index (χ0v) is 38.0. The Hall–Kier alpha value is -8.56. The van der Waals surface area contributed by atoms with Gasteiger partial charge < -0.3 is 4.90 Å². The molecule has 1 heterocycles. The van der Waals surface area contributed by atoms with Crippen LogP contribution < -0.4 is 4.90 Å². The van der Waals surface area contributed by atoms with Crippen LogP contribution in [0.1, 0.15) is 0 Å². The van der Waals surface area contributed by atoms with Crippen LogP contribution in [0.5, 0.6) is 0 Å². The van der Waals surface area contributed by atoms with Gasteiger partial charge >= 0.3 is 0 Å². The Labute approximate surface area is 400 Å². The van der Waals surface area contributed by atoms with Crippen molar-refractivity contribution in [1.82, 2.24) is 0 Å². The average molecular weight is 882 g/mol. The van der Waals surface area contributed by atoms with Gasteiger partial charge in [0, 0.05) is 37.2 Å². The molecule has 2 heteroatoms. The summed E-state index contributed by atoms with van der Waals surface area (Å²) in [6, 6.07) is 95.8. The maximum atomic E-state index is 2.44. The lowest BCUT2D eigenvalue weighted by molar-refractivity contribution is 1.29. The minimum Gasteiger partial charge on any atom is -0.310 e. The van der Waals surface area contributed by atoms with Crippen LogP contribution in [-0.2, 0) is 0 Å². The summed E-state index contributed by atoms with van der Waals surface area (Å²) in [6.07, 6.45) is 0. The third-order valence-electron chi connectivity index (χ3n) is 13.6. The van der Waals surface area contributed by atoms with Gasteiger partial charge in [-0.2, -0.15) is 0 Å². The lowest BCUT2D eigenvalue weighted by Gasteiger charge is -2.27. The predicted octanol–water partition coefficient (Wildman–Crippen LogP) is 19.3.